The lowest BCUT2D eigenvalue weighted by Gasteiger charge is -2.23. The molecule has 4 rings (SSSR count). The van der Waals surface area contributed by atoms with Crippen molar-refractivity contribution in [3.05, 3.63) is 83.6 Å². The fourth-order valence-electron chi connectivity index (χ4n) is 3.70. The first kappa shape index (κ1) is 23.7. The van der Waals surface area contributed by atoms with Crippen molar-refractivity contribution < 1.29 is 14.3 Å². The van der Waals surface area contributed by atoms with Gasteiger partial charge in [-0.15, -0.1) is 0 Å². The smallest absolute Gasteiger partial charge is 0.256 e. The average molecular weight is 495 g/mol. The van der Waals surface area contributed by atoms with Gasteiger partial charge in [-0.3, -0.25) is 19.5 Å². The SMILES string of the molecule is CCOc1ccc(NC(=O)CC2C(=O)N(c3ccc(Cl)cc3)C(=S)N2Cc2ccccn2)cc1. The first-order valence-corrected chi connectivity index (χ1v) is 11.6. The van der Waals surface area contributed by atoms with E-state index in [1.165, 1.54) is 4.90 Å². The average Bonchev–Trinajstić information content (AvgIpc) is 3.06. The van der Waals surface area contributed by atoms with Crippen molar-refractivity contribution >= 4 is 52.1 Å². The maximum absolute atomic E-state index is 13.5. The molecule has 0 radical (unpaired) electrons. The van der Waals surface area contributed by atoms with E-state index in [1.54, 1.807) is 59.6 Å². The Balaban J connectivity index is 1.55. The number of nitrogens with one attached hydrogen (secondary N) is 1. The molecule has 1 unspecified atom stereocenters. The summed E-state index contributed by atoms with van der Waals surface area (Å²) in [5.41, 5.74) is 1.96. The Bertz CT molecular complexity index is 1170. The highest BCUT2D eigenvalue weighted by Gasteiger charge is 2.44. The quantitative estimate of drug-likeness (QED) is 0.459. The van der Waals surface area contributed by atoms with E-state index >= 15 is 0 Å². The fraction of sp³-hybridized carbons (Fsp3) is 0.200. The van der Waals surface area contributed by atoms with Crippen molar-refractivity contribution in [2.24, 2.45) is 0 Å². The zero-order chi connectivity index (χ0) is 24.1. The fourth-order valence-corrected chi connectivity index (χ4v) is 4.21. The molecular formula is C25H23ClN4O3S. The second-order valence-electron chi connectivity index (χ2n) is 7.61. The Morgan fingerprint density at radius 2 is 1.85 bits per heavy atom. The van der Waals surface area contributed by atoms with E-state index in [4.69, 9.17) is 28.6 Å². The minimum atomic E-state index is -0.770. The molecule has 0 saturated carbocycles. The van der Waals surface area contributed by atoms with E-state index in [1.807, 2.05) is 25.1 Å². The van der Waals surface area contributed by atoms with Crippen LogP contribution in [0, 0.1) is 0 Å². The number of aromatic nitrogens is 1. The van der Waals surface area contributed by atoms with Crippen LogP contribution in [-0.2, 0) is 16.1 Å². The zero-order valence-electron chi connectivity index (χ0n) is 18.5. The van der Waals surface area contributed by atoms with Crippen LogP contribution in [0.5, 0.6) is 5.75 Å². The molecule has 2 aromatic carbocycles. The molecule has 1 aliphatic heterocycles. The van der Waals surface area contributed by atoms with Crippen LogP contribution in [0.3, 0.4) is 0 Å². The predicted molar refractivity (Wildman–Crippen MR) is 136 cm³/mol. The highest BCUT2D eigenvalue weighted by atomic mass is 35.5. The maximum Gasteiger partial charge on any atom is 0.256 e. The number of thiocarbonyl (C=S) groups is 1. The standard InChI is InChI=1S/C25H23ClN4O3S/c1-2-33-21-12-8-18(9-13-21)28-23(31)15-22-24(32)30(20-10-6-17(26)7-11-20)25(34)29(22)16-19-5-3-4-14-27-19/h3-14,22H,2,15-16H2,1H3,(H,28,31). The first-order chi connectivity index (χ1) is 16.5. The monoisotopic (exact) mass is 494 g/mol. The molecular weight excluding hydrogens is 472 g/mol. The minimum Gasteiger partial charge on any atom is -0.494 e. The van der Waals surface area contributed by atoms with Crippen molar-refractivity contribution in [3.8, 4) is 5.75 Å². The molecule has 9 heteroatoms. The number of anilines is 2. The lowest BCUT2D eigenvalue weighted by atomic mass is 10.1. The van der Waals surface area contributed by atoms with Crippen molar-refractivity contribution in [3.63, 3.8) is 0 Å². The second kappa shape index (κ2) is 10.6. The number of nitrogens with zero attached hydrogens (tertiary/aromatic N) is 3. The normalized spacial score (nSPS) is 15.5. The van der Waals surface area contributed by atoms with Gasteiger partial charge in [0.1, 0.15) is 11.8 Å². The van der Waals surface area contributed by atoms with Crippen LogP contribution in [0.1, 0.15) is 19.0 Å². The molecule has 1 saturated heterocycles. The summed E-state index contributed by atoms with van der Waals surface area (Å²) < 4.78 is 5.43. The maximum atomic E-state index is 13.5. The van der Waals surface area contributed by atoms with E-state index in [0.29, 0.717) is 34.7 Å². The molecule has 1 aromatic heterocycles. The Morgan fingerprint density at radius 1 is 1.12 bits per heavy atom. The Hall–Kier alpha value is -3.49. The molecule has 3 aromatic rings. The van der Waals surface area contributed by atoms with Crippen molar-refractivity contribution in [2.45, 2.75) is 25.9 Å². The van der Waals surface area contributed by atoms with Crippen LogP contribution in [-0.4, -0.2) is 39.5 Å². The molecule has 1 N–H and O–H groups in total. The number of amides is 2. The molecule has 2 amide bonds. The lowest BCUT2D eigenvalue weighted by molar-refractivity contribution is -0.124. The number of hydrogen-bond donors (Lipinski definition) is 1. The highest BCUT2D eigenvalue weighted by Crippen LogP contribution is 2.29. The molecule has 7 nitrogen and oxygen atoms in total. The Labute approximate surface area is 208 Å². The molecule has 2 heterocycles. The van der Waals surface area contributed by atoms with Crippen LogP contribution in [0.4, 0.5) is 11.4 Å². The second-order valence-corrected chi connectivity index (χ2v) is 8.41. The van der Waals surface area contributed by atoms with Gasteiger partial charge in [0.05, 0.1) is 31.0 Å². The van der Waals surface area contributed by atoms with E-state index in [-0.39, 0.29) is 18.2 Å². The van der Waals surface area contributed by atoms with Crippen LogP contribution >= 0.6 is 23.8 Å². The molecule has 174 valence electrons. The third-order valence-corrected chi connectivity index (χ3v) is 5.96. The number of benzene rings is 2. The number of pyridine rings is 1. The third-order valence-electron chi connectivity index (χ3n) is 5.29. The summed E-state index contributed by atoms with van der Waals surface area (Å²) in [5.74, 6) is 0.149. The summed E-state index contributed by atoms with van der Waals surface area (Å²) >= 11 is 11.7. The van der Waals surface area contributed by atoms with Gasteiger partial charge in [0, 0.05) is 16.9 Å². The predicted octanol–water partition coefficient (Wildman–Crippen LogP) is 4.66. The van der Waals surface area contributed by atoms with Gasteiger partial charge in [0.15, 0.2) is 5.11 Å². The Kier molecular flexibility index (Phi) is 7.40. The summed E-state index contributed by atoms with van der Waals surface area (Å²) in [6.45, 7) is 2.77. The van der Waals surface area contributed by atoms with Gasteiger partial charge >= 0.3 is 0 Å². The van der Waals surface area contributed by atoms with Gasteiger partial charge in [-0.25, -0.2) is 0 Å². The minimum absolute atomic E-state index is 0.0664. The van der Waals surface area contributed by atoms with Gasteiger partial charge in [-0.2, -0.15) is 0 Å². The van der Waals surface area contributed by atoms with E-state index in [2.05, 4.69) is 10.3 Å². The number of halogens is 1. The largest absolute Gasteiger partial charge is 0.494 e. The van der Waals surface area contributed by atoms with Crippen molar-refractivity contribution in [1.82, 2.24) is 9.88 Å². The molecule has 34 heavy (non-hydrogen) atoms. The molecule has 1 aliphatic rings. The van der Waals surface area contributed by atoms with Crippen LogP contribution in [0.15, 0.2) is 72.9 Å². The Morgan fingerprint density at radius 3 is 2.50 bits per heavy atom. The van der Waals surface area contributed by atoms with Gasteiger partial charge < -0.3 is 15.0 Å². The number of hydrogen-bond acceptors (Lipinski definition) is 5. The zero-order valence-corrected chi connectivity index (χ0v) is 20.1. The molecule has 0 aliphatic carbocycles. The summed E-state index contributed by atoms with van der Waals surface area (Å²) in [7, 11) is 0. The van der Waals surface area contributed by atoms with Gasteiger partial charge in [-0.05, 0) is 79.8 Å². The molecule has 0 bridgehead atoms. The third kappa shape index (κ3) is 5.35. The summed E-state index contributed by atoms with van der Waals surface area (Å²) in [5, 5.41) is 3.72. The summed E-state index contributed by atoms with van der Waals surface area (Å²) in [4.78, 5) is 33.9. The molecule has 1 atom stereocenters. The van der Waals surface area contributed by atoms with Gasteiger partial charge in [0.2, 0.25) is 5.91 Å². The highest BCUT2D eigenvalue weighted by molar-refractivity contribution is 7.80. The number of carbonyl (C=O) groups excluding carboxylic acids is 2. The van der Waals surface area contributed by atoms with E-state index < -0.39 is 6.04 Å². The summed E-state index contributed by atoms with van der Waals surface area (Å²) in [6.07, 6.45) is 1.62. The van der Waals surface area contributed by atoms with Gasteiger partial charge in [0.25, 0.3) is 5.91 Å². The van der Waals surface area contributed by atoms with Gasteiger partial charge in [-0.1, -0.05) is 17.7 Å². The summed E-state index contributed by atoms with van der Waals surface area (Å²) in [6, 6.07) is 18.7. The van der Waals surface area contributed by atoms with Crippen LogP contribution in [0.25, 0.3) is 0 Å². The molecule has 1 fully saturated rings. The number of rotatable bonds is 8. The lowest BCUT2D eigenvalue weighted by Crippen LogP contribution is -2.37. The first-order valence-electron chi connectivity index (χ1n) is 10.8. The molecule has 0 spiro atoms. The number of ether oxygens (including phenoxy) is 1. The number of carbonyl (C=O) groups is 2. The van der Waals surface area contributed by atoms with E-state index in [9.17, 15) is 9.59 Å². The van der Waals surface area contributed by atoms with Crippen molar-refractivity contribution in [1.29, 1.82) is 0 Å². The van der Waals surface area contributed by atoms with Crippen LogP contribution in [0.2, 0.25) is 5.02 Å². The van der Waals surface area contributed by atoms with Crippen molar-refractivity contribution in [2.75, 3.05) is 16.8 Å². The van der Waals surface area contributed by atoms with Crippen LogP contribution < -0.4 is 15.0 Å². The topological polar surface area (TPSA) is 74.8 Å². The van der Waals surface area contributed by atoms with E-state index in [0.717, 1.165) is 11.4 Å².